The minimum atomic E-state index is -3.27. The zero-order valence-corrected chi connectivity index (χ0v) is 35.7. The van der Waals surface area contributed by atoms with E-state index >= 15 is 0 Å². The Labute approximate surface area is 382 Å². The number of carboxylic acid groups (broad SMARTS) is 2. The number of hydrogen-bond acceptors (Lipinski definition) is 27. The van der Waals surface area contributed by atoms with Crippen LogP contribution in [0.4, 0.5) is 0 Å². The van der Waals surface area contributed by atoms with E-state index in [0.717, 1.165) is 6.92 Å². The Morgan fingerprint density at radius 2 is 1.10 bits per heavy atom. The molecule has 0 saturated carbocycles. The van der Waals surface area contributed by atoms with Crippen LogP contribution in [0.2, 0.25) is 0 Å². The Kier molecular flexibility index (Phi) is 20.2. The van der Waals surface area contributed by atoms with Crippen LogP contribution < -0.4 is 16.0 Å². The van der Waals surface area contributed by atoms with Crippen LogP contribution in [-0.4, -0.2) is 290 Å². The molecule has 20 N–H and O–H groups in total. The molecule has 0 aliphatic carbocycles. The average Bonchev–Trinajstić information content (AvgIpc) is 3.30. The lowest BCUT2D eigenvalue weighted by molar-refractivity contribution is -0.382. The van der Waals surface area contributed by atoms with E-state index in [1.54, 1.807) is 0 Å². The fourth-order valence-corrected chi connectivity index (χ4v) is 8.04. The smallest absolute Gasteiger partial charge is 0.364 e. The van der Waals surface area contributed by atoms with Crippen molar-refractivity contribution in [3.8, 4) is 0 Å². The molecule has 4 aliphatic rings. The fourth-order valence-electron chi connectivity index (χ4n) is 8.04. The van der Waals surface area contributed by atoms with Crippen LogP contribution in [0.1, 0.15) is 19.8 Å². The number of amides is 3. The molecule has 32 nitrogen and oxygen atoms in total. The fraction of sp³-hybridized carbons (Fsp3) is 0.861. The van der Waals surface area contributed by atoms with Gasteiger partial charge in [-0.25, -0.2) is 9.59 Å². The van der Waals surface area contributed by atoms with E-state index in [1.165, 1.54) is 0 Å². The lowest BCUT2D eigenvalue weighted by Crippen LogP contribution is -2.71. The van der Waals surface area contributed by atoms with Crippen molar-refractivity contribution in [3.05, 3.63) is 0 Å². The molecule has 68 heavy (non-hydrogen) atoms. The second kappa shape index (κ2) is 24.1. The van der Waals surface area contributed by atoms with Crippen LogP contribution in [0.3, 0.4) is 0 Å². The summed E-state index contributed by atoms with van der Waals surface area (Å²) in [6.45, 7) is -6.09. The van der Waals surface area contributed by atoms with Crippen LogP contribution in [0.15, 0.2) is 0 Å². The molecule has 0 aromatic carbocycles. The SMILES string of the molecule is CC(=O)N[C@H]1C(O)O[C@H](CO[C@]2(C(=O)O)C[C@H](O)[C@@H](NC(=O)CO)[C@H]([C@H](O)[C@H](O)CO)O2)[C@H](O)[C@@H]1O[C@@H]1O[C@H](CO)[C@H](O)[C@H](O[C@]2(C(=O)O)C[C@H](O)[C@@H](NC(=O)CO)[C@H]([C@H](O)[C@H](O)CO)O2)[C@H]1O. The van der Waals surface area contributed by atoms with Gasteiger partial charge in [0.25, 0.3) is 11.6 Å². The van der Waals surface area contributed by atoms with Gasteiger partial charge in [-0.3, -0.25) is 14.4 Å². The molecule has 0 bridgehead atoms. The summed E-state index contributed by atoms with van der Waals surface area (Å²) in [5.74, 6) is -13.8. The molecule has 392 valence electrons. The molecule has 32 heteroatoms. The Morgan fingerprint density at radius 1 is 0.632 bits per heavy atom. The van der Waals surface area contributed by atoms with E-state index in [1.807, 2.05) is 0 Å². The van der Waals surface area contributed by atoms with Crippen molar-refractivity contribution in [2.45, 2.75) is 154 Å². The van der Waals surface area contributed by atoms with E-state index in [2.05, 4.69) is 16.0 Å². The highest BCUT2D eigenvalue weighted by Gasteiger charge is 2.61. The third kappa shape index (κ3) is 12.5. The van der Waals surface area contributed by atoms with Gasteiger partial charge in [0.15, 0.2) is 12.6 Å². The number of aliphatic hydroxyl groups is 15. The van der Waals surface area contributed by atoms with Crippen LogP contribution in [0.25, 0.3) is 0 Å². The van der Waals surface area contributed by atoms with E-state index in [-0.39, 0.29) is 0 Å². The summed E-state index contributed by atoms with van der Waals surface area (Å²) in [6, 6.07) is -5.44. The first kappa shape index (κ1) is 57.1. The number of carbonyl (C=O) groups excluding carboxylic acids is 3. The highest BCUT2D eigenvalue weighted by Crippen LogP contribution is 2.39. The zero-order chi connectivity index (χ0) is 51.2. The molecule has 3 amide bonds. The number of ether oxygens (including phenoxy) is 7. The molecule has 4 heterocycles. The van der Waals surface area contributed by atoms with Crippen LogP contribution in [0, 0.1) is 0 Å². The number of nitrogens with one attached hydrogen (secondary N) is 3. The summed E-state index contributed by atoms with van der Waals surface area (Å²) in [5.41, 5.74) is 0. The molecule has 4 fully saturated rings. The number of hydrogen-bond donors (Lipinski definition) is 20. The first-order valence-electron chi connectivity index (χ1n) is 20.7. The molecule has 1 unspecified atom stereocenters. The maximum Gasteiger partial charge on any atom is 0.364 e. The van der Waals surface area contributed by atoms with Crippen LogP contribution in [-0.2, 0) is 57.1 Å². The lowest BCUT2D eigenvalue weighted by Gasteiger charge is -2.51. The van der Waals surface area contributed by atoms with E-state index in [9.17, 15) is 111 Å². The van der Waals surface area contributed by atoms with Crippen LogP contribution >= 0.6 is 0 Å². The maximum absolute atomic E-state index is 12.9. The van der Waals surface area contributed by atoms with Gasteiger partial charge in [-0.15, -0.1) is 0 Å². The van der Waals surface area contributed by atoms with Gasteiger partial charge in [-0.05, 0) is 0 Å². The third-order valence-electron chi connectivity index (χ3n) is 11.6. The quantitative estimate of drug-likeness (QED) is 0.0508. The van der Waals surface area contributed by atoms with Crippen molar-refractivity contribution in [3.63, 3.8) is 0 Å². The topological polar surface area (TPSA) is 530 Å². The largest absolute Gasteiger partial charge is 0.477 e. The molecule has 0 aromatic heterocycles. The van der Waals surface area contributed by atoms with E-state index in [0.29, 0.717) is 0 Å². The van der Waals surface area contributed by atoms with Gasteiger partial charge in [0.05, 0.1) is 50.7 Å². The Hall–Kier alpha value is -3.53. The van der Waals surface area contributed by atoms with Gasteiger partial charge in [-0.2, -0.15) is 0 Å². The highest BCUT2D eigenvalue weighted by atomic mass is 16.8. The molecule has 4 rings (SSSR count). The van der Waals surface area contributed by atoms with E-state index in [4.69, 9.17) is 33.2 Å². The van der Waals surface area contributed by atoms with Crippen molar-refractivity contribution < 1.29 is 144 Å². The van der Waals surface area contributed by atoms with Gasteiger partial charge >= 0.3 is 11.9 Å². The normalized spacial score (nSPS) is 40.5. The van der Waals surface area contributed by atoms with Gasteiger partial charge < -0.3 is 136 Å². The zero-order valence-electron chi connectivity index (χ0n) is 35.7. The molecule has 0 spiro atoms. The number of aliphatic hydroxyl groups excluding tert-OH is 15. The summed E-state index contributed by atoms with van der Waals surface area (Å²) in [5, 5.41) is 184. The molecule has 4 aliphatic heterocycles. The number of aliphatic carboxylic acids is 2. The molecular formula is C36H59N3O29. The Bertz CT molecular complexity index is 1720. The predicted molar refractivity (Wildman–Crippen MR) is 206 cm³/mol. The van der Waals surface area contributed by atoms with Crippen molar-refractivity contribution in [1.29, 1.82) is 0 Å². The summed E-state index contributed by atoms with van der Waals surface area (Å²) in [6.07, 6.45) is -39.4. The number of carbonyl (C=O) groups is 5. The first-order chi connectivity index (χ1) is 31.8. The van der Waals surface area contributed by atoms with Crippen molar-refractivity contribution in [2.24, 2.45) is 0 Å². The van der Waals surface area contributed by atoms with E-state index < -0.39 is 216 Å². The molecular weight excluding hydrogens is 938 g/mol. The van der Waals surface area contributed by atoms with Gasteiger partial charge in [0, 0.05) is 19.8 Å². The second-order valence-corrected chi connectivity index (χ2v) is 16.3. The maximum atomic E-state index is 12.9. The van der Waals surface area contributed by atoms with Gasteiger partial charge in [0.2, 0.25) is 17.7 Å². The van der Waals surface area contributed by atoms with Crippen molar-refractivity contribution in [1.82, 2.24) is 16.0 Å². The first-order valence-corrected chi connectivity index (χ1v) is 20.7. The third-order valence-corrected chi connectivity index (χ3v) is 11.6. The van der Waals surface area contributed by atoms with Crippen molar-refractivity contribution in [2.75, 3.05) is 39.6 Å². The molecule has 22 atom stereocenters. The molecule has 0 aromatic rings. The van der Waals surface area contributed by atoms with Crippen molar-refractivity contribution >= 4 is 29.7 Å². The number of rotatable bonds is 21. The summed E-state index contributed by atoms with van der Waals surface area (Å²) in [4.78, 5) is 62.1. The second-order valence-electron chi connectivity index (χ2n) is 16.3. The summed E-state index contributed by atoms with van der Waals surface area (Å²) >= 11 is 0. The standard InChI is InChI=1S/C36H59N3O29/c1-10(45)37-21-27(25(55)16(63-31(21)57)9-62-35(33(58)59)2-11(46)19(38-17(50)7-43)28(66-35)22(52)13(48)4-40)65-32-26(56)30(24(54)15(6-42)64-32)68-36(34(60)61)3-12(47)20(39-18(51)8-44)29(67-36)23(53)14(49)5-41/h11-16,19-32,40-44,46-49,52-57H,2-9H2,1H3,(H,37,45)(H,38,50)(H,39,51)(H,58,59)(H,60,61)/t11-,12-,13+,14+,15+,16+,19+,20+,21+,22+,23+,24-,25-,26+,27+,28+,29+,30-,31?,32-,35+,36-/m0/s1. The summed E-state index contributed by atoms with van der Waals surface area (Å²) in [7, 11) is 0. The number of carboxylic acids is 2. The minimum Gasteiger partial charge on any atom is -0.477 e. The average molecular weight is 998 g/mol. The lowest BCUT2D eigenvalue weighted by atomic mass is 9.88. The summed E-state index contributed by atoms with van der Waals surface area (Å²) < 4.78 is 38.9. The van der Waals surface area contributed by atoms with Gasteiger partial charge in [-0.1, -0.05) is 0 Å². The minimum absolute atomic E-state index is 0.914. The monoisotopic (exact) mass is 997 g/mol. The van der Waals surface area contributed by atoms with Crippen LogP contribution in [0.5, 0.6) is 0 Å². The molecule has 0 radical (unpaired) electrons. The molecule has 4 saturated heterocycles. The Morgan fingerprint density at radius 3 is 1.54 bits per heavy atom. The van der Waals surface area contributed by atoms with Gasteiger partial charge in [0.1, 0.15) is 98.6 Å². The predicted octanol–water partition coefficient (Wildman–Crippen LogP) is -13.0. The highest BCUT2D eigenvalue weighted by molar-refractivity contribution is 5.79. The Balaban J connectivity index is 1.67.